The average molecular weight is 499 g/mol. The Labute approximate surface area is 211 Å². The number of pyridine rings is 1. The number of aliphatic carboxylic acids is 1. The van der Waals surface area contributed by atoms with Gasteiger partial charge in [-0.3, -0.25) is 24.3 Å². The maximum atomic E-state index is 14.1. The number of halogens is 1. The second kappa shape index (κ2) is 9.34. The predicted octanol–water partition coefficient (Wildman–Crippen LogP) is 4.55. The second-order valence-electron chi connectivity index (χ2n) is 8.67. The van der Waals surface area contributed by atoms with Crippen LogP contribution in [0.2, 0.25) is 0 Å². The molecule has 0 radical (unpaired) electrons. The lowest BCUT2D eigenvalue weighted by Crippen LogP contribution is -2.52. The van der Waals surface area contributed by atoms with Crippen molar-refractivity contribution in [2.24, 2.45) is 0 Å². The molecule has 2 amide bonds. The van der Waals surface area contributed by atoms with Gasteiger partial charge in [-0.15, -0.1) is 0 Å². The maximum Gasteiger partial charge on any atom is 0.303 e. The molecule has 1 aliphatic rings. The number of carbonyl (C=O) groups is 3. The van der Waals surface area contributed by atoms with Gasteiger partial charge >= 0.3 is 5.97 Å². The number of carboxylic acids is 1. The number of nitrogens with one attached hydrogen (secondary N) is 1. The van der Waals surface area contributed by atoms with Crippen LogP contribution in [0, 0.1) is 5.82 Å². The number of amides is 2. The third-order valence-electron chi connectivity index (χ3n) is 6.46. The molecule has 1 atom stereocenters. The van der Waals surface area contributed by atoms with Crippen molar-refractivity contribution in [3.63, 3.8) is 0 Å². The van der Waals surface area contributed by atoms with Gasteiger partial charge in [-0.05, 0) is 48.2 Å². The number of aromatic nitrogens is 1. The first-order valence-corrected chi connectivity index (χ1v) is 11.5. The summed E-state index contributed by atoms with van der Waals surface area (Å²) in [6, 6.07) is 19.2. The summed E-state index contributed by atoms with van der Waals surface area (Å²) < 4.78 is 19.0. The second-order valence-corrected chi connectivity index (χ2v) is 8.67. The van der Waals surface area contributed by atoms with Crippen LogP contribution in [0.15, 0.2) is 79.0 Å². The molecule has 0 aliphatic carbocycles. The first-order chi connectivity index (χ1) is 17.8. The average Bonchev–Trinajstić information content (AvgIpc) is 3.14. The molecule has 0 saturated heterocycles. The predicted molar refractivity (Wildman–Crippen MR) is 134 cm³/mol. The molecule has 4 aromatic rings. The van der Waals surface area contributed by atoms with Crippen LogP contribution in [-0.4, -0.2) is 35.0 Å². The normalized spacial score (nSPS) is 16.5. The van der Waals surface area contributed by atoms with E-state index in [0.29, 0.717) is 22.7 Å². The Balaban J connectivity index is 1.63. The van der Waals surface area contributed by atoms with E-state index in [1.807, 2.05) is 24.3 Å². The van der Waals surface area contributed by atoms with Gasteiger partial charge in [0, 0.05) is 35.3 Å². The largest absolute Gasteiger partial charge is 0.497 e. The number of carboxylic acid groups (broad SMARTS) is 1. The summed E-state index contributed by atoms with van der Waals surface area (Å²) in [4.78, 5) is 44.8. The zero-order valence-corrected chi connectivity index (χ0v) is 19.8. The van der Waals surface area contributed by atoms with E-state index < -0.39 is 29.1 Å². The molecule has 0 spiro atoms. The number of ether oxygens (including phenoxy) is 1. The summed E-state index contributed by atoms with van der Waals surface area (Å²) in [5.74, 6) is -2.35. The van der Waals surface area contributed by atoms with E-state index in [4.69, 9.17) is 4.74 Å². The molecule has 3 aromatic carbocycles. The highest BCUT2D eigenvalue weighted by Crippen LogP contribution is 2.48. The van der Waals surface area contributed by atoms with Crippen LogP contribution in [0.5, 0.6) is 5.75 Å². The van der Waals surface area contributed by atoms with Crippen LogP contribution in [0.3, 0.4) is 0 Å². The molecule has 37 heavy (non-hydrogen) atoms. The van der Waals surface area contributed by atoms with Gasteiger partial charge in [-0.2, -0.15) is 0 Å². The first-order valence-electron chi connectivity index (χ1n) is 11.5. The lowest BCUT2D eigenvalue weighted by molar-refractivity contribution is -0.137. The molecule has 186 valence electrons. The summed E-state index contributed by atoms with van der Waals surface area (Å²) in [7, 11) is 1.48. The monoisotopic (exact) mass is 499 g/mol. The van der Waals surface area contributed by atoms with E-state index in [2.05, 4.69) is 10.3 Å². The number of fused-ring (bicyclic) bond motifs is 2. The van der Waals surface area contributed by atoms with E-state index in [1.54, 1.807) is 30.5 Å². The number of rotatable bonds is 7. The van der Waals surface area contributed by atoms with Crippen molar-refractivity contribution in [1.29, 1.82) is 0 Å². The molecular formula is C28H22FN3O5. The van der Waals surface area contributed by atoms with E-state index in [0.717, 1.165) is 10.8 Å². The third-order valence-corrected chi connectivity index (χ3v) is 6.46. The van der Waals surface area contributed by atoms with Crippen molar-refractivity contribution >= 4 is 39.9 Å². The van der Waals surface area contributed by atoms with Crippen molar-refractivity contribution in [2.45, 2.75) is 18.4 Å². The molecule has 1 aliphatic heterocycles. The van der Waals surface area contributed by atoms with Gasteiger partial charge in [0.2, 0.25) is 0 Å². The van der Waals surface area contributed by atoms with Gasteiger partial charge in [0.25, 0.3) is 11.8 Å². The van der Waals surface area contributed by atoms with Crippen LogP contribution in [-0.2, 0) is 15.1 Å². The number of carbonyl (C=O) groups excluding carboxylic acids is 2. The van der Waals surface area contributed by atoms with Gasteiger partial charge in [0.15, 0.2) is 0 Å². The number of anilines is 2. The fourth-order valence-electron chi connectivity index (χ4n) is 4.63. The highest BCUT2D eigenvalue weighted by Gasteiger charge is 2.53. The Morgan fingerprint density at radius 1 is 1.05 bits per heavy atom. The van der Waals surface area contributed by atoms with Crippen LogP contribution < -0.4 is 15.0 Å². The van der Waals surface area contributed by atoms with Gasteiger partial charge in [0.05, 0.1) is 12.8 Å². The lowest BCUT2D eigenvalue weighted by atomic mass is 9.86. The Hall–Kier alpha value is -4.79. The summed E-state index contributed by atoms with van der Waals surface area (Å²) in [6.07, 6.45) is 0.964. The van der Waals surface area contributed by atoms with Crippen LogP contribution in [0.25, 0.3) is 10.8 Å². The minimum atomic E-state index is -1.71. The van der Waals surface area contributed by atoms with Gasteiger partial charge in [0.1, 0.15) is 22.8 Å². The quantitative estimate of drug-likeness (QED) is 0.386. The van der Waals surface area contributed by atoms with Gasteiger partial charge in [-0.1, -0.05) is 30.3 Å². The fraction of sp³-hybridized carbons (Fsp3) is 0.143. The highest BCUT2D eigenvalue weighted by atomic mass is 19.1. The SMILES string of the molecule is COc1ccc2c(c1)N(c1ccc(F)cc1)C(=O)C2(CCC(=O)O)NC(=O)c1cc2ccccc2cn1. The molecule has 1 aromatic heterocycles. The van der Waals surface area contributed by atoms with Gasteiger partial charge in [-0.25, -0.2) is 4.39 Å². The van der Waals surface area contributed by atoms with Crippen molar-refractivity contribution in [3.05, 3.63) is 96.1 Å². The molecule has 0 bridgehead atoms. The lowest BCUT2D eigenvalue weighted by Gasteiger charge is -2.29. The zero-order chi connectivity index (χ0) is 26.2. The molecular weight excluding hydrogens is 477 g/mol. The van der Waals surface area contributed by atoms with Crippen LogP contribution >= 0.6 is 0 Å². The fourth-order valence-corrected chi connectivity index (χ4v) is 4.63. The number of hydrogen-bond donors (Lipinski definition) is 2. The van der Waals surface area contributed by atoms with E-state index in [1.165, 1.54) is 36.3 Å². The number of benzene rings is 3. The van der Waals surface area contributed by atoms with Crippen molar-refractivity contribution in [3.8, 4) is 5.75 Å². The highest BCUT2D eigenvalue weighted by molar-refractivity contribution is 6.15. The summed E-state index contributed by atoms with van der Waals surface area (Å²) in [5.41, 5.74) is -0.475. The van der Waals surface area contributed by atoms with Crippen molar-refractivity contribution in [2.75, 3.05) is 12.0 Å². The topological polar surface area (TPSA) is 109 Å². The summed E-state index contributed by atoms with van der Waals surface area (Å²) >= 11 is 0. The summed E-state index contributed by atoms with van der Waals surface area (Å²) in [5, 5.41) is 13.9. The molecule has 0 saturated carbocycles. The minimum Gasteiger partial charge on any atom is -0.497 e. The Kier molecular flexibility index (Phi) is 6.04. The number of nitrogens with zero attached hydrogens (tertiary/aromatic N) is 2. The van der Waals surface area contributed by atoms with E-state index >= 15 is 0 Å². The van der Waals surface area contributed by atoms with E-state index in [9.17, 15) is 23.9 Å². The Bertz CT molecular complexity index is 1540. The molecule has 1 unspecified atom stereocenters. The Morgan fingerprint density at radius 2 is 1.78 bits per heavy atom. The van der Waals surface area contributed by atoms with Gasteiger partial charge < -0.3 is 15.2 Å². The first kappa shape index (κ1) is 23.9. The molecule has 9 heteroatoms. The Morgan fingerprint density at radius 3 is 2.49 bits per heavy atom. The third kappa shape index (κ3) is 4.24. The molecule has 2 heterocycles. The molecule has 5 rings (SSSR count). The molecule has 0 fully saturated rings. The molecule has 8 nitrogen and oxygen atoms in total. The standard InChI is InChI=1S/C28H22FN3O5/c1-37-21-10-11-22-24(15-21)32(20-8-6-19(29)7-9-20)27(36)28(22,13-12-25(33)34)31-26(35)23-14-17-4-2-3-5-18(17)16-30-23/h2-11,14-16H,12-13H2,1H3,(H,31,35)(H,33,34). The van der Waals surface area contributed by atoms with Crippen molar-refractivity contribution < 1.29 is 28.6 Å². The van der Waals surface area contributed by atoms with Crippen LogP contribution in [0.1, 0.15) is 28.9 Å². The van der Waals surface area contributed by atoms with E-state index in [-0.39, 0.29) is 18.5 Å². The number of methoxy groups -OCH3 is 1. The van der Waals surface area contributed by atoms with Crippen LogP contribution in [0.4, 0.5) is 15.8 Å². The zero-order valence-electron chi connectivity index (χ0n) is 19.8. The minimum absolute atomic E-state index is 0.0801. The smallest absolute Gasteiger partial charge is 0.303 e. The van der Waals surface area contributed by atoms with Crippen molar-refractivity contribution in [1.82, 2.24) is 10.3 Å². The molecule has 2 N–H and O–H groups in total. The maximum absolute atomic E-state index is 14.1. The summed E-state index contributed by atoms with van der Waals surface area (Å²) in [6.45, 7) is 0. The number of hydrogen-bond acceptors (Lipinski definition) is 5.